The molecule has 1 aromatic rings. The molecule has 0 saturated carbocycles. The normalized spacial score (nSPS) is 23.9. The van der Waals surface area contributed by atoms with E-state index in [4.69, 9.17) is 9.47 Å². The molecule has 1 amide bonds. The summed E-state index contributed by atoms with van der Waals surface area (Å²) in [5.74, 6) is 0. The summed E-state index contributed by atoms with van der Waals surface area (Å²) in [5.41, 5.74) is 0.0729. The minimum Gasteiger partial charge on any atom is -0.444 e. The summed E-state index contributed by atoms with van der Waals surface area (Å²) in [5, 5.41) is 0. The summed E-state index contributed by atoms with van der Waals surface area (Å²) in [6.45, 7) is 5.66. The van der Waals surface area contributed by atoms with Gasteiger partial charge in [0.15, 0.2) is 6.29 Å². The smallest absolute Gasteiger partial charge is 0.412 e. The molecule has 2 atom stereocenters. The van der Waals surface area contributed by atoms with Crippen LogP contribution >= 0.6 is 0 Å². The number of rotatable bonds is 4. The average molecular weight is 291 g/mol. The Hall–Kier alpha value is -1.88. The lowest BCUT2D eigenvalue weighted by Gasteiger charge is -2.32. The van der Waals surface area contributed by atoms with Gasteiger partial charge in [0.25, 0.3) is 0 Å². The number of aldehydes is 1. The topological polar surface area (TPSA) is 55.8 Å². The van der Waals surface area contributed by atoms with Gasteiger partial charge in [-0.2, -0.15) is 0 Å². The minimum absolute atomic E-state index is 0.203. The van der Waals surface area contributed by atoms with Crippen LogP contribution in [0.3, 0.4) is 0 Å². The van der Waals surface area contributed by atoms with Gasteiger partial charge in [-0.25, -0.2) is 4.79 Å². The first kappa shape index (κ1) is 15.5. The van der Waals surface area contributed by atoms with Gasteiger partial charge >= 0.3 is 6.09 Å². The predicted octanol–water partition coefficient (Wildman–Crippen LogP) is 2.74. The zero-order valence-corrected chi connectivity index (χ0v) is 12.6. The number of ether oxygens (including phenoxy) is 2. The first-order valence-electron chi connectivity index (χ1n) is 7.12. The van der Waals surface area contributed by atoms with Gasteiger partial charge in [0.05, 0.1) is 6.04 Å². The molecule has 0 spiro atoms. The Balaban J connectivity index is 2.07. The molecule has 5 nitrogen and oxygen atoms in total. The maximum Gasteiger partial charge on any atom is 0.412 e. The molecule has 0 aromatic heterocycles. The van der Waals surface area contributed by atoms with Crippen molar-refractivity contribution in [2.24, 2.45) is 0 Å². The SMILES string of the molecule is CC[C@H]1C(C=O)OC(C)(C)N1C(=O)OCc1ccccc1. The molecule has 2 rings (SSSR count). The Morgan fingerprint density at radius 3 is 2.62 bits per heavy atom. The second-order valence-electron chi connectivity index (χ2n) is 5.55. The standard InChI is InChI=1S/C16H21NO4/c1-4-13-14(10-18)21-16(2,3)17(13)15(19)20-11-12-8-6-5-7-9-12/h5-10,13-14H,4,11H2,1-3H3/t13-,14?/m0/s1. The molecule has 1 fully saturated rings. The Kier molecular flexibility index (Phi) is 4.63. The van der Waals surface area contributed by atoms with Crippen LogP contribution in [-0.4, -0.2) is 35.2 Å². The summed E-state index contributed by atoms with van der Waals surface area (Å²) < 4.78 is 11.0. The summed E-state index contributed by atoms with van der Waals surface area (Å²) in [6, 6.07) is 9.19. The van der Waals surface area contributed by atoms with E-state index in [9.17, 15) is 9.59 Å². The van der Waals surface area contributed by atoms with E-state index >= 15 is 0 Å². The zero-order chi connectivity index (χ0) is 15.5. The highest BCUT2D eigenvalue weighted by Gasteiger charge is 2.49. The van der Waals surface area contributed by atoms with Gasteiger partial charge in [0.1, 0.15) is 18.4 Å². The van der Waals surface area contributed by atoms with E-state index < -0.39 is 17.9 Å². The van der Waals surface area contributed by atoms with Crippen LogP contribution in [0.1, 0.15) is 32.8 Å². The van der Waals surface area contributed by atoms with Crippen LogP contribution in [-0.2, 0) is 20.9 Å². The summed E-state index contributed by atoms with van der Waals surface area (Å²) in [4.78, 5) is 25.0. The fourth-order valence-corrected chi connectivity index (χ4v) is 2.69. The van der Waals surface area contributed by atoms with Crippen molar-refractivity contribution in [2.45, 2.75) is 51.7 Å². The highest BCUT2D eigenvalue weighted by atomic mass is 16.6. The van der Waals surface area contributed by atoms with Gasteiger partial charge in [-0.05, 0) is 25.8 Å². The number of amides is 1. The zero-order valence-electron chi connectivity index (χ0n) is 12.6. The number of carbonyl (C=O) groups excluding carboxylic acids is 2. The molecule has 1 heterocycles. The molecule has 1 unspecified atom stereocenters. The van der Waals surface area contributed by atoms with Crippen LogP contribution in [0.15, 0.2) is 30.3 Å². The van der Waals surface area contributed by atoms with Crippen LogP contribution in [0.2, 0.25) is 0 Å². The van der Waals surface area contributed by atoms with Gasteiger partial charge in [0, 0.05) is 0 Å². The molecule has 0 bridgehead atoms. The largest absolute Gasteiger partial charge is 0.444 e. The van der Waals surface area contributed by atoms with Crippen molar-refractivity contribution in [3.63, 3.8) is 0 Å². The van der Waals surface area contributed by atoms with Gasteiger partial charge in [-0.15, -0.1) is 0 Å². The lowest BCUT2D eigenvalue weighted by Crippen LogP contribution is -2.48. The van der Waals surface area contributed by atoms with E-state index in [1.54, 1.807) is 13.8 Å². The molecule has 0 radical (unpaired) electrons. The second kappa shape index (κ2) is 6.26. The Morgan fingerprint density at radius 2 is 2.05 bits per heavy atom. The van der Waals surface area contributed by atoms with Crippen LogP contribution in [0.4, 0.5) is 4.79 Å². The molecule has 0 N–H and O–H groups in total. The van der Waals surface area contributed by atoms with E-state index in [0.29, 0.717) is 6.42 Å². The molecular formula is C16H21NO4. The van der Waals surface area contributed by atoms with Crippen LogP contribution < -0.4 is 0 Å². The highest BCUT2D eigenvalue weighted by molar-refractivity contribution is 5.71. The van der Waals surface area contributed by atoms with Gasteiger partial charge in [0.2, 0.25) is 0 Å². The van der Waals surface area contributed by atoms with Gasteiger partial charge in [-0.1, -0.05) is 37.3 Å². The molecule has 5 heteroatoms. The molecule has 21 heavy (non-hydrogen) atoms. The lowest BCUT2D eigenvalue weighted by molar-refractivity contribution is -0.123. The van der Waals surface area contributed by atoms with Crippen molar-refractivity contribution in [1.29, 1.82) is 0 Å². The van der Waals surface area contributed by atoms with Crippen molar-refractivity contribution in [3.8, 4) is 0 Å². The molecule has 1 aliphatic rings. The van der Waals surface area contributed by atoms with E-state index in [2.05, 4.69) is 0 Å². The third-order valence-corrected chi connectivity index (χ3v) is 3.67. The quantitative estimate of drug-likeness (QED) is 0.800. The van der Waals surface area contributed by atoms with E-state index in [1.165, 1.54) is 4.90 Å². The number of benzene rings is 1. The monoisotopic (exact) mass is 291 g/mol. The Labute approximate surface area is 124 Å². The van der Waals surface area contributed by atoms with Crippen LogP contribution in [0.5, 0.6) is 0 Å². The number of carbonyl (C=O) groups is 2. The molecule has 1 aliphatic heterocycles. The fraction of sp³-hybridized carbons (Fsp3) is 0.500. The summed E-state index contributed by atoms with van der Waals surface area (Å²) >= 11 is 0. The average Bonchev–Trinajstić information content (AvgIpc) is 2.76. The van der Waals surface area contributed by atoms with Crippen LogP contribution in [0, 0.1) is 0 Å². The maximum absolute atomic E-state index is 12.4. The summed E-state index contributed by atoms with van der Waals surface area (Å²) in [6.07, 6.45) is 0.322. The summed E-state index contributed by atoms with van der Waals surface area (Å²) in [7, 11) is 0. The maximum atomic E-state index is 12.4. The molecule has 0 aliphatic carbocycles. The van der Waals surface area contributed by atoms with Crippen molar-refractivity contribution in [3.05, 3.63) is 35.9 Å². The molecule has 114 valence electrons. The number of nitrogens with zero attached hydrogens (tertiary/aromatic N) is 1. The predicted molar refractivity (Wildman–Crippen MR) is 77.6 cm³/mol. The Morgan fingerprint density at radius 1 is 1.38 bits per heavy atom. The molecule has 1 saturated heterocycles. The highest BCUT2D eigenvalue weighted by Crippen LogP contribution is 2.33. The minimum atomic E-state index is -0.847. The van der Waals surface area contributed by atoms with E-state index in [0.717, 1.165) is 11.8 Å². The van der Waals surface area contributed by atoms with Crippen molar-refractivity contribution in [1.82, 2.24) is 4.90 Å². The molecular weight excluding hydrogens is 270 g/mol. The van der Waals surface area contributed by atoms with Crippen molar-refractivity contribution in [2.75, 3.05) is 0 Å². The third-order valence-electron chi connectivity index (χ3n) is 3.67. The van der Waals surface area contributed by atoms with Crippen molar-refractivity contribution < 1.29 is 19.1 Å². The third kappa shape index (κ3) is 3.24. The number of hydrogen-bond donors (Lipinski definition) is 0. The fourth-order valence-electron chi connectivity index (χ4n) is 2.69. The van der Waals surface area contributed by atoms with E-state index in [1.807, 2.05) is 37.3 Å². The first-order valence-corrected chi connectivity index (χ1v) is 7.12. The lowest BCUT2D eigenvalue weighted by atomic mass is 10.1. The van der Waals surface area contributed by atoms with Gasteiger partial charge in [-0.3, -0.25) is 4.90 Å². The first-order chi connectivity index (χ1) is 9.99. The molecule has 1 aromatic carbocycles. The van der Waals surface area contributed by atoms with Crippen molar-refractivity contribution >= 4 is 12.4 Å². The number of hydrogen-bond acceptors (Lipinski definition) is 4. The Bertz CT molecular complexity index is 500. The van der Waals surface area contributed by atoms with Crippen LogP contribution in [0.25, 0.3) is 0 Å². The van der Waals surface area contributed by atoms with E-state index in [-0.39, 0.29) is 12.6 Å². The second-order valence-corrected chi connectivity index (χ2v) is 5.55. The van der Waals surface area contributed by atoms with Gasteiger partial charge < -0.3 is 14.3 Å².